The second-order valence-corrected chi connectivity index (χ2v) is 10.1. The summed E-state index contributed by atoms with van der Waals surface area (Å²) in [7, 11) is -2.21. The molecule has 2 aliphatic rings. The molecular formula is C23H28FN3O4S. The number of sulfonamides is 1. The minimum absolute atomic E-state index is 0.0166. The van der Waals surface area contributed by atoms with Gasteiger partial charge in [0, 0.05) is 39.3 Å². The summed E-state index contributed by atoms with van der Waals surface area (Å²) in [6, 6.07) is 12.0. The van der Waals surface area contributed by atoms with Crippen molar-refractivity contribution in [2.45, 2.75) is 30.3 Å². The van der Waals surface area contributed by atoms with Gasteiger partial charge in [-0.25, -0.2) is 12.8 Å². The van der Waals surface area contributed by atoms with Crippen LogP contribution in [0.25, 0.3) is 0 Å². The predicted molar refractivity (Wildman–Crippen MR) is 118 cm³/mol. The first-order valence-electron chi connectivity index (χ1n) is 10.8. The average molecular weight is 462 g/mol. The number of carbonyl (C=O) groups is 1. The van der Waals surface area contributed by atoms with Crippen LogP contribution in [0, 0.1) is 5.82 Å². The van der Waals surface area contributed by atoms with Gasteiger partial charge in [0.1, 0.15) is 17.6 Å². The third-order valence-electron chi connectivity index (χ3n) is 6.16. The van der Waals surface area contributed by atoms with Gasteiger partial charge in [-0.05, 0) is 54.8 Å². The Morgan fingerprint density at radius 2 is 1.66 bits per heavy atom. The van der Waals surface area contributed by atoms with Crippen LogP contribution in [0.3, 0.4) is 0 Å². The molecule has 0 aliphatic carbocycles. The van der Waals surface area contributed by atoms with Gasteiger partial charge in [-0.1, -0.05) is 12.1 Å². The van der Waals surface area contributed by atoms with Crippen molar-refractivity contribution >= 4 is 15.9 Å². The molecule has 0 radical (unpaired) electrons. The minimum atomic E-state index is -3.85. The maximum atomic E-state index is 13.2. The molecule has 1 atom stereocenters. The van der Waals surface area contributed by atoms with Crippen molar-refractivity contribution in [3.63, 3.8) is 0 Å². The second kappa shape index (κ2) is 9.56. The Balaban J connectivity index is 1.37. The van der Waals surface area contributed by atoms with Crippen LogP contribution in [0.2, 0.25) is 0 Å². The molecule has 1 amide bonds. The number of ether oxygens (including phenoxy) is 1. The zero-order valence-corrected chi connectivity index (χ0v) is 18.9. The first-order valence-corrected chi connectivity index (χ1v) is 12.2. The first-order chi connectivity index (χ1) is 15.4. The fourth-order valence-electron chi connectivity index (χ4n) is 4.34. The molecule has 0 saturated carbocycles. The summed E-state index contributed by atoms with van der Waals surface area (Å²) in [5, 5.41) is 0. The van der Waals surface area contributed by atoms with Gasteiger partial charge in [-0.15, -0.1) is 0 Å². The van der Waals surface area contributed by atoms with Crippen molar-refractivity contribution in [1.82, 2.24) is 14.1 Å². The van der Waals surface area contributed by atoms with Crippen LogP contribution >= 0.6 is 0 Å². The number of carbonyl (C=O) groups excluding carboxylic acids is 1. The Hall–Kier alpha value is -2.49. The number of amides is 1. The average Bonchev–Trinajstić information content (AvgIpc) is 3.31. The van der Waals surface area contributed by atoms with Crippen LogP contribution in [-0.4, -0.2) is 74.3 Å². The molecule has 0 spiro atoms. The van der Waals surface area contributed by atoms with Crippen molar-refractivity contribution in [3.05, 3.63) is 59.9 Å². The highest BCUT2D eigenvalue weighted by molar-refractivity contribution is 7.89. The lowest BCUT2D eigenvalue weighted by Crippen LogP contribution is -2.54. The van der Waals surface area contributed by atoms with Gasteiger partial charge in [0.15, 0.2) is 0 Å². The molecular weight excluding hydrogens is 433 g/mol. The van der Waals surface area contributed by atoms with Crippen molar-refractivity contribution < 1.29 is 22.3 Å². The zero-order chi connectivity index (χ0) is 22.7. The van der Waals surface area contributed by atoms with Crippen LogP contribution in [0.5, 0.6) is 5.75 Å². The molecule has 2 aromatic carbocycles. The number of hydrogen-bond donors (Lipinski definition) is 0. The summed E-state index contributed by atoms with van der Waals surface area (Å²) in [6.45, 7) is 3.68. The van der Waals surface area contributed by atoms with Crippen molar-refractivity contribution in [2.75, 3.05) is 39.8 Å². The first kappa shape index (κ1) is 22.7. The third kappa shape index (κ3) is 4.79. The molecule has 2 aliphatic heterocycles. The Morgan fingerprint density at radius 1 is 1.00 bits per heavy atom. The maximum absolute atomic E-state index is 13.2. The molecule has 7 nitrogen and oxygen atoms in total. The second-order valence-electron chi connectivity index (χ2n) is 8.18. The van der Waals surface area contributed by atoms with Gasteiger partial charge in [0.25, 0.3) is 0 Å². The summed E-state index contributed by atoms with van der Waals surface area (Å²) in [6.07, 6.45) is 1.14. The Labute approximate surface area is 188 Å². The molecule has 172 valence electrons. The summed E-state index contributed by atoms with van der Waals surface area (Å²) >= 11 is 0. The predicted octanol–water partition coefficient (Wildman–Crippen LogP) is 2.33. The number of nitrogens with zero attached hydrogens (tertiary/aromatic N) is 3. The van der Waals surface area contributed by atoms with E-state index in [1.54, 1.807) is 12.0 Å². The van der Waals surface area contributed by atoms with Crippen molar-refractivity contribution in [2.24, 2.45) is 0 Å². The fourth-order valence-corrected chi connectivity index (χ4v) is 5.99. The minimum Gasteiger partial charge on any atom is -0.497 e. The number of methoxy groups -OCH3 is 1. The molecule has 0 aromatic heterocycles. The molecule has 2 fully saturated rings. The number of halogens is 1. The van der Waals surface area contributed by atoms with Gasteiger partial charge >= 0.3 is 0 Å². The largest absolute Gasteiger partial charge is 0.497 e. The lowest BCUT2D eigenvalue weighted by atomic mass is 10.1. The molecule has 2 heterocycles. The topological polar surface area (TPSA) is 70.2 Å². The highest BCUT2D eigenvalue weighted by atomic mass is 32.2. The highest BCUT2D eigenvalue weighted by Gasteiger charge is 2.41. The van der Waals surface area contributed by atoms with E-state index in [9.17, 15) is 17.6 Å². The van der Waals surface area contributed by atoms with E-state index in [4.69, 9.17) is 4.74 Å². The van der Waals surface area contributed by atoms with Gasteiger partial charge in [-0.2, -0.15) is 4.31 Å². The van der Waals surface area contributed by atoms with Gasteiger partial charge < -0.3 is 9.64 Å². The molecule has 1 unspecified atom stereocenters. The van der Waals surface area contributed by atoms with Crippen LogP contribution < -0.4 is 4.74 Å². The number of benzene rings is 2. The molecule has 9 heteroatoms. The lowest BCUT2D eigenvalue weighted by molar-refractivity contribution is -0.136. The summed E-state index contributed by atoms with van der Waals surface area (Å²) in [5.74, 6) is 0.184. The van der Waals surface area contributed by atoms with E-state index in [-0.39, 0.29) is 10.8 Å². The summed E-state index contributed by atoms with van der Waals surface area (Å²) < 4.78 is 45.8. The third-order valence-corrected chi connectivity index (χ3v) is 8.08. The van der Waals surface area contributed by atoms with Crippen LogP contribution in [0.4, 0.5) is 4.39 Å². The van der Waals surface area contributed by atoms with E-state index >= 15 is 0 Å². The van der Waals surface area contributed by atoms with Gasteiger partial charge in [-0.3, -0.25) is 9.69 Å². The summed E-state index contributed by atoms with van der Waals surface area (Å²) in [4.78, 5) is 17.3. The lowest BCUT2D eigenvalue weighted by Gasteiger charge is -2.37. The molecule has 4 rings (SSSR count). The number of rotatable bonds is 6. The quantitative estimate of drug-likeness (QED) is 0.661. The van der Waals surface area contributed by atoms with Crippen LogP contribution in [0.15, 0.2) is 53.4 Å². The van der Waals surface area contributed by atoms with Crippen LogP contribution in [0.1, 0.15) is 18.4 Å². The van der Waals surface area contributed by atoms with E-state index in [1.165, 1.54) is 22.0 Å². The van der Waals surface area contributed by atoms with Gasteiger partial charge in [0.2, 0.25) is 15.9 Å². The molecule has 2 aromatic rings. The SMILES string of the molecule is COc1ccc(CN2CCN(C(=O)C3CCCN3S(=O)(=O)c3ccc(F)cc3)CC2)cc1. The van der Waals surface area contributed by atoms with Crippen molar-refractivity contribution in [1.29, 1.82) is 0 Å². The molecule has 32 heavy (non-hydrogen) atoms. The zero-order valence-electron chi connectivity index (χ0n) is 18.1. The Morgan fingerprint density at radius 3 is 2.28 bits per heavy atom. The van der Waals surface area contributed by atoms with E-state index < -0.39 is 21.9 Å². The molecule has 0 N–H and O–H groups in total. The van der Waals surface area contributed by atoms with Gasteiger partial charge in [0.05, 0.1) is 12.0 Å². The Bertz CT molecular complexity index is 1040. The molecule has 2 saturated heterocycles. The summed E-state index contributed by atoms with van der Waals surface area (Å²) in [5.41, 5.74) is 1.18. The smallest absolute Gasteiger partial charge is 0.243 e. The van der Waals surface area contributed by atoms with E-state index in [0.717, 1.165) is 37.5 Å². The Kier molecular flexibility index (Phi) is 6.78. The standard InChI is InChI=1S/C23H28FN3O4S/c1-31-20-8-4-18(5-9-20)17-25-13-15-26(16-14-25)23(28)22-3-2-12-27(22)32(29,30)21-10-6-19(24)7-11-21/h4-11,22H,2-3,12-17H2,1H3. The number of hydrogen-bond acceptors (Lipinski definition) is 5. The van der Waals surface area contributed by atoms with E-state index in [2.05, 4.69) is 4.90 Å². The van der Waals surface area contributed by atoms with E-state index in [0.29, 0.717) is 32.5 Å². The fraction of sp³-hybridized carbons (Fsp3) is 0.435. The van der Waals surface area contributed by atoms with Crippen molar-refractivity contribution in [3.8, 4) is 5.75 Å². The molecule has 0 bridgehead atoms. The maximum Gasteiger partial charge on any atom is 0.243 e. The number of piperazine rings is 1. The normalized spacial score (nSPS) is 20.4. The highest BCUT2D eigenvalue weighted by Crippen LogP contribution is 2.28. The van der Waals surface area contributed by atoms with E-state index in [1.807, 2.05) is 24.3 Å². The van der Waals surface area contributed by atoms with Crippen LogP contribution in [-0.2, 0) is 21.4 Å². The monoisotopic (exact) mass is 461 g/mol.